The van der Waals surface area contributed by atoms with E-state index in [2.05, 4.69) is 10.6 Å². The second kappa shape index (κ2) is 8.90. The van der Waals surface area contributed by atoms with Crippen molar-refractivity contribution >= 4 is 23.4 Å². The molecule has 2 aliphatic rings. The van der Waals surface area contributed by atoms with Gasteiger partial charge < -0.3 is 20.1 Å². The number of hydrogen-bond donors (Lipinski definition) is 2. The van der Waals surface area contributed by atoms with Crippen molar-refractivity contribution in [1.82, 2.24) is 10.6 Å². The minimum Gasteiger partial charge on any atom is -0.484 e. The first kappa shape index (κ1) is 22.3. The van der Waals surface area contributed by atoms with Gasteiger partial charge in [-0.3, -0.25) is 9.59 Å². The maximum atomic E-state index is 13.4. The van der Waals surface area contributed by atoms with Gasteiger partial charge in [0.25, 0.3) is 11.8 Å². The summed E-state index contributed by atoms with van der Waals surface area (Å²) in [5.74, 6) is -3.06. The number of nitrogens with one attached hydrogen (secondary N) is 2. The highest BCUT2D eigenvalue weighted by atomic mass is 35.5. The van der Waals surface area contributed by atoms with Gasteiger partial charge in [-0.1, -0.05) is 11.6 Å². The van der Waals surface area contributed by atoms with Gasteiger partial charge >= 0.3 is 0 Å². The van der Waals surface area contributed by atoms with E-state index in [1.165, 1.54) is 18.2 Å². The van der Waals surface area contributed by atoms with Crippen LogP contribution >= 0.6 is 11.6 Å². The lowest BCUT2D eigenvalue weighted by Crippen LogP contribution is -2.76. The number of fused-ring (bicyclic) bond motifs is 1. The van der Waals surface area contributed by atoms with Crippen molar-refractivity contribution in [1.29, 1.82) is 0 Å². The highest BCUT2D eigenvalue weighted by molar-refractivity contribution is 6.30. The monoisotopic (exact) mass is 468 g/mol. The van der Waals surface area contributed by atoms with Gasteiger partial charge in [0.1, 0.15) is 17.3 Å². The van der Waals surface area contributed by atoms with Crippen LogP contribution in [0.3, 0.4) is 0 Å². The molecule has 2 amide bonds. The van der Waals surface area contributed by atoms with Crippen molar-refractivity contribution in [3.63, 3.8) is 0 Å². The Hall–Kier alpha value is -2.94. The molecule has 0 bridgehead atoms. The highest BCUT2D eigenvalue weighted by Crippen LogP contribution is 2.53. The van der Waals surface area contributed by atoms with Gasteiger partial charge in [-0.15, -0.1) is 0 Å². The number of carbonyl (C=O) groups excluding carboxylic acids is 2. The molecule has 0 radical (unpaired) electrons. The first-order chi connectivity index (χ1) is 15.3. The Morgan fingerprint density at radius 3 is 2.22 bits per heavy atom. The molecule has 0 spiro atoms. The highest BCUT2D eigenvalue weighted by Gasteiger charge is 2.61. The molecular weight excluding hydrogens is 449 g/mol. The number of benzene rings is 2. The fourth-order valence-electron chi connectivity index (χ4n) is 4.22. The lowest BCUT2D eigenvalue weighted by atomic mass is 9.50. The molecule has 2 aromatic carbocycles. The van der Waals surface area contributed by atoms with E-state index >= 15 is 0 Å². The summed E-state index contributed by atoms with van der Waals surface area (Å²) in [5, 5.41) is 5.77. The molecule has 0 heterocycles. The Morgan fingerprint density at radius 1 is 0.969 bits per heavy atom. The quantitative estimate of drug-likeness (QED) is 0.623. The Bertz CT molecular complexity index is 1050. The molecule has 2 aromatic rings. The molecule has 2 fully saturated rings. The predicted octanol–water partition coefficient (Wildman–Crippen LogP) is 3.37. The van der Waals surface area contributed by atoms with Gasteiger partial charge in [0.15, 0.2) is 24.8 Å². The average molecular weight is 469 g/mol. The van der Waals surface area contributed by atoms with E-state index in [0.29, 0.717) is 6.42 Å². The predicted molar refractivity (Wildman–Crippen MR) is 109 cm³/mol. The molecule has 2 N–H and O–H groups in total. The summed E-state index contributed by atoms with van der Waals surface area (Å²) in [7, 11) is 0. The largest absolute Gasteiger partial charge is 0.484 e. The summed E-state index contributed by atoms with van der Waals surface area (Å²) in [5.41, 5.74) is -0.396. The SMILES string of the molecule is O=C(COc1ccc(Cl)c(F)c1)NC1CC2(NC(=O)COc3ccc(F)c(F)c3)CCC12. The van der Waals surface area contributed by atoms with E-state index in [9.17, 15) is 22.8 Å². The average Bonchev–Trinajstić information content (AvgIpc) is 2.74. The standard InChI is InChI=1S/C22H20ClF3N2O4/c23-15-3-1-12(7-17(15)25)31-10-20(29)27-19-9-22(6-5-14(19)22)28-21(30)11-32-13-2-4-16(24)18(26)8-13/h1-4,7-8,14,19H,5-6,9-11H2,(H,27,29)(H,28,30). The number of amides is 2. The summed E-state index contributed by atoms with van der Waals surface area (Å²) >= 11 is 5.61. The second-order valence-electron chi connectivity index (χ2n) is 7.96. The van der Waals surface area contributed by atoms with Crippen molar-refractivity contribution in [3.8, 4) is 11.5 Å². The van der Waals surface area contributed by atoms with E-state index in [4.69, 9.17) is 21.1 Å². The normalized spacial score (nSPS) is 23.2. The number of halogens is 4. The Kier molecular flexibility index (Phi) is 6.19. The van der Waals surface area contributed by atoms with Crippen LogP contribution in [-0.2, 0) is 9.59 Å². The van der Waals surface area contributed by atoms with Crippen molar-refractivity contribution in [2.24, 2.45) is 5.92 Å². The zero-order valence-electron chi connectivity index (χ0n) is 16.8. The molecule has 0 saturated heterocycles. The number of hydrogen-bond acceptors (Lipinski definition) is 4. The van der Waals surface area contributed by atoms with Gasteiger partial charge in [0.2, 0.25) is 0 Å². The molecule has 170 valence electrons. The van der Waals surface area contributed by atoms with Crippen LogP contribution in [0.25, 0.3) is 0 Å². The van der Waals surface area contributed by atoms with Gasteiger partial charge in [-0.25, -0.2) is 13.2 Å². The third-order valence-corrected chi connectivity index (χ3v) is 6.24. The van der Waals surface area contributed by atoms with Crippen LogP contribution in [0.15, 0.2) is 36.4 Å². The summed E-state index contributed by atoms with van der Waals surface area (Å²) in [6.45, 7) is -0.603. The zero-order valence-corrected chi connectivity index (χ0v) is 17.6. The zero-order chi connectivity index (χ0) is 22.9. The molecular formula is C22H20ClF3N2O4. The maximum Gasteiger partial charge on any atom is 0.258 e. The molecule has 10 heteroatoms. The van der Waals surface area contributed by atoms with Crippen LogP contribution in [0.1, 0.15) is 19.3 Å². The van der Waals surface area contributed by atoms with E-state index < -0.39 is 23.0 Å². The summed E-state index contributed by atoms with van der Waals surface area (Å²) in [4.78, 5) is 24.4. The molecule has 2 aliphatic carbocycles. The first-order valence-corrected chi connectivity index (χ1v) is 10.4. The molecule has 3 unspecified atom stereocenters. The van der Waals surface area contributed by atoms with Crippen molar-refractivity contribution < 1.29 is 32.2 Å². The first-order valence-electron chi connectivity index (χ1n) is 10.0. The third kappa shape index (κ3) is 4.62. The molecule has 4 rings (SSSR count). The Balaban J connectivity index is 1.20. The van der Waals surface area contributed by atoms with Crippen LogP contribution in [0.2, 0.25) is 5.02 Å². The lowest BCUT2D eigenvalue weighted by Gasteiger charge is -2.63. The van der Waals surface area contributed by atoms with Crippen molar-refractivity contribution in [3.05, 3.63) is 58.9 Å². The van der Waals surface area contributed by atoms with Crippen LogP contribution < -0.4 is 20.1 Å². The van der Waals surface area contributed by atoms with Crippen molar-refractivity contribution in [2.75, 3.05) is 13.2 Å². The number of carbonyl (C=O) groups is 2. The molecule has 32 heavy (non-hydrogen) atoms. The van der Waals surface area contributed by atoms with E-state index in [1.807, 2.05) is 0 Å². The molecule has 3 atom stereocenters. The van der Waals surface area contributed by atoms with Gasteiger partial charge in [-0.05, 0) is 43.5 Å². The summed E-state index contributed by atoms with van der Waals surface area (Å²) in [6.07, 6.45) is 2.19. The van der Waals surface area contributed by atoms with Gasteiger partial charge in [0, 0.05) is 29.6 Å². The maximum absolute atomic E-state index is 13.4. The second-order valence-corrected chi connectivity index (χ2v) is 8.36. The molecule has 2 saturated carbocycles. The minimum absolute atomic E-state index is 0.0325. The van der Waals surface area contributed by atoms with Crippen LogP contribution in [-0.4, -0.2) is 36.6 Å². The Labute approximate surface area is 187 Å². The summed E-state index contributed by atoms with van der Waals surface area (Å²) in [6, 6.07) is 6.86. The number of ether oxygens (including phenoxy) is 2. The molecule has 6 nitrogen and oxygen atoms in total. The number of rotatable bonds is 8. The molecule has 0 aromatic heterocycles. The van der Waals surface area contributed by atoms with Crippen LogP contribution in [0, 0.1) is 23.4 Å². The fourth-order valence-corrected chi connectivity index (χ4v) is 4.34. The van der Waals surface area contributed by atoms with Crippen molar-refractivity contribution in [2.45, 2.75) is 30.8 Å². The Morgan fingerprint density at radius 2 is 1.62 bits per heavy atom. The summed E-state index contributed by atoms with van der Waals surface area (Å²) < 4.78 is 50.1. The topological polar surface area (TPSA) is 76.7 Å². The third-order valence-electron chi connectivity index (χ3n) is 5.94. The van der Waals surface area contributed by atoms with Crippen LogP contribution in [0.4, 0.5) is 13.2 Å². The van der Waals surface area contributed by atoms with Gasteiger partial charge in [0.05, 0.1) is 5.02 Å². The van der Waals surface area contributed by atoms with E-state index in [-0.39, 0.29) is 53.5 Å². The minimum atomic E-state index is -1.05. The fraction of sp³-hybridized carbons (Fsp3) is 0.364. The van der Waals surface area contributed by atoms with E-state index in [0.717, 1.165) is 31.0 Å². The smallest absolute Gasteiger partial charge is 0.258 e. The van der Waals surface area contributed by atoms with E-state index in [1.54, 1.807) is 0 Å². The van der Waals surface area contributed by atoms with Gasteiger partial charge in [-0.2, -0.15) is 0 Å². The van der Waals surface area contributed by atoms with Crippen LogP contribution in [0.5, 0.6) is 11.5 Å². The lowest BCUT2D eigenvalue weighted by molar-refractivity contribution is -0.138. The molecule has 0 aliphatic heterocycles.